The van der Waals surface area contributed by atoms with Crippen molar-refractivity contribution in [1.29, 1.82) is 0 Å². The fourth-order valence-electron chi connectivity index (χ4n) is 4.44. The lowest BCUT2D eigenvalue weighted by Gasteiger charge is -2.48. The number of fused-ring (bicyclic) bond motifs is 2. The number of alkyl halides is 3. The summed E-state index contributed by atoms with van der Waals surface area (Å²) in [5, 5.41) is 23.9. The number of phenols is 1. The number of aromatic hydroxyl groups is 1. The van der Waals surface area contributed by atoms with Crippen LogP contribution in [0.4, 0.5) is 17.6 Å². The van der Waals surface area contributed by atoms with Crippen LogP contribution in [0.1, 0.15) is 47.8 Å². The first-order chi connectivity index (χ1) is 14.3. The van der Waals surface area contributed by atoms with Crippen LogP contribution in [0.3, 0.4) is 0 Å². The summed E-state index contributed by atoms with van der Waals surface area (Å²) in [7, 11) is 0. The zero-order chi connectivity index (χ0) is 22.8. The zero-order valence-corrected chi connectivity index (χ0v) is 16.5. The number of amides is 1. The molecule has 4 rings (SSSR count). The Morgan fingerprint density at radius 1 is 1.19 bits per heavy atom. The van der Waals surface area contributed by atoms with Gasteiger partial charge >= 0.3 is 6.18 Å². The molecule has 0 fully saturated rings. The summed E-state index contributed by atoms with van der Waals surface area (Å²) in [6.45, 7) is 2.74. The second-order valence-corrected chi connectivity index (χ2v) is 8.42. The van der Waals surface area contributed by atoms with Crippen LogP contribution >= 0.6 is 0 Å². The molecule has 1 aliphatic rings. The third kappa shape index (κ3) is 3.23. The van der Waals surface area contributed by atoms with E-state index in [0.717, 1.165) is 12.1 Å². The molecule has 9 heteroatoms. The fourth-order valence-corrected chi connectivity index (χ4v) is 4.44. The highest BCUT2D eigenvalue weighted by Gasteiger charge is 2.64. The van der Waals surface area contributed by atoms with E-state index in [1.165, 1.54) is 38.3 Å². The molecule has 1 heterocycles. The SMILES string of the molecule is CC1(C)C[C@@](O)(C(F)(F)F)[C@H](NC(=O)c2ccc3occc3c2)c2ccc(F)c(O)c21. The molecule has 2 aromatic carbocycles. The van der Waals surface area contributed by atoms with E-state index in [0.29, 0.717) is 11.0 Å². The molecule has 3 N–H and O–H groups in total. The van der Waals surface area contributed by atoms with Gasteiger partial charge in [0.25, 0.3) is 5.91 Å². The first-order valence-electron chi connectivity index (χ1n) is 9.44. The average Bonchev–Trinajstić information content (AvgIpc) is 3.13. The van der Waals surface area contributed by atoms with Crippen LogP contribution in [-0.4, -0.2) is 27.9 Å². The van der Waals surface area contributed by atoms with Gasteiger partial charge in [0.15, 0.2) is 17.2 Å². The van der Waals surface area contributed by atoms with Crippen molar-refractivity contribution in [3.05, 3.63) is 65.2 Å². The van der Waals surface area contributed by atoms with E-state index in [9.17, 15) is 32.6 Å². The molecular formula is C22H19F4NO4. The Hall–Kier alpha value is -3.07. The molecule has 0 aliphatic heterocycles. The van der Waals surface area contributed by atoms with E-state index in [-0.39, 0.29) is 16.7 Å². The normalized spacial score (nSPS) is 22.9. The number of phenolic OH excluding ortho intramolecular Hbond substituents is 1. The predicted octanol–water partition coefficient (Wildman–Crippen LogP) is 4.72. The van der Waals surface area contributed by atoms with Crippen LogP contribution in [-0.2, 0) is 5.41 Å². The molecule has 0 radical (unpaired) electrons. The Morgan fingerprint density at radius 3 is 2.58 bits per heavy atom. The summed E-state index contributed by atoms with van der Waals surface area (Å²) in [6, 6.07) is 5.81. The highest BCUT2D eigenvalue weighted by molar-refractivity contribution is 5.98. The smallest absolute Gasteiger partial charge is 0.419 e. The Bertz CT molecular complexity index is 1180. The molecule has 0 saturated carbocycles. The minimum absolute atomic E-state index is 0.0520. The van der Waals surface area contributed by atoms with Gasteiger partial charge in [0.2, 0.25) is 0 Å². The average molecular weight is 437 g/mol. The van der Waals surface area contributed by atoms with Crippen LogP contribution in [0.15, 0.2) is 47.1 Å². The van der Waals surface area contributed by atoms with Crippen LogP contribution in [0.2, 0.25) is 0 Å². The highest BCUT2D eigenvalue weighted by Crippen LogP contribution is 2.55. The van der Waals surface area contributed by atoms with Gasteiger partial charge < -0.3 is 19.9 Å². The van der Waals surface area contributed by atoms with Crippen molar-refractivity contribution < 1.29 is 37.0 Å². The van der Waals surface area contributed by atoms with Crippen molar-refractivity contribution in [2.75, 3.05) is 0 Å². The van der Waals surface area contributed by atoms with Gasteiger partial charge in [-0.15, -0.1) is 0 Å². The van der Waals surface area contributed by atoms with E-state index in [2.05, 4.69) is 5.32 Å². The van der Waals surface area contributed by atoms with E-state index in [1.807, 2.05) is 0 Å². The largest absolute Gasteiger partial charge is 0.505 e. The lowest BCUT2D eigenvalue weighted by molar-refractivity contribution is -0.280. The van der Waals surface area contributed by atoms with Crippen LogP contribution in [0.25, 0.3) is 11.0 Å². The number of hydrogen-bond acceptors (Lipinski definition) is 4. The number of hydrogen-bond donors (Lipinski definition) is 3. The van der Waals surface area contributed by atoms with Crippen molar-refractivity contribution >= 4 is 16.9 Å². The Labute approximate surface area is 174 Å². The first kappa shape index (κ1) is 21.2. The van der Waals surface area contributed by atoms with E-state index < -0.39 is 47.1 Å². The van der Waals surface area contributed by atoms with Gasteiger partial charge in [0.1, 0.15) is 5.58 Å². The molecular weight excluding hydrogens is 418 g/mol. The summed E-state index contributed by atoms with van der Waals surface area (Å²) in [5.41, 5.74) is -4.51. The third-order valence-electron chi connectivity index (χ3n) is 5.82. The molecule has 3 aromatic rings. The van der Waals surface area contributed by atoms with Crippen molar-refractivity contribution in [1.82, 2.24) is 5.32 Å². The maximum absolute atomic E-state index is 14.1. The van der Waals surface area contributed by atoms with Crippen LogP contribution < -0.4 is 5.32 Å². The number of carbonyl (C=O) groups excluding carboxylic acids is 1. The quantitative estimate of drug-likeness (QED) is 0.507. The molecule has 1 aliphatic carbocycles. The number of halogens is 4. The molecule has 31 heavy (non-hydrogen) atoms. The molecule has 0 spiro atoms. The standard InChI is InChI=1S/C22H19F4NO4/c1-20(2)10-21(30,22(24,25)26)18(13-4-5-14(23)17(28)16(13)20)27-19(29)12-3-6-15-11(9-12)7-8-31-15/h3-9,18,28,30H,10H2,1-2H3,(H,27,29)/t18-,21+/m1/s1. The molecule has 0 bridgehead atoms. The number of nitrogens with one attached hydrogen (secondary N) is 1. The third-order valence-corrected chi connectivity index (χ3v) is 5.82. The summed E-state index contributed by atoms with van der Waals surface area (Å²) >= 11 is 0. The van der Waals surface area contributed by atoms with Gasteiger partial charge in [-0.1, -0.05) is 19.9 Å². The topological polar surface area (TPSA) is 82.7 Å². The summed E-state index contributed by atoms with van der Waals surface area (Å²) in [6.07, 6.45) is -4.59. The number of carbonyl (C=O) groups is 1. The number of benzene rings is 2. The monoisotopic (exact) mass is 437 g/mol. The number of aliphatic hydroxyl groups is 1. The van der Waals surface area contributed by atoms with Gasteiger partial charge in [0.05, 0.1) is 12.3 Å². The Balaban J connectivity index is 1.84. The summed E-state index contributed by atoms with van der Waals surface area (Å²) in [4.78, 5) is 12.9. The Kier molecular flexibility index (Phi) is 4.59. The molecule has 1 aromatic heterocycles. The predicted molar refractivity (Wildman–Crippen MR) is 103 cm³/mol. The lowest BCUT2D eigenvalue weighted by atomic mass is 9.63. The molecule has 164 valence electrons. The van der Waals surface area contributed by atoms with Gasteiger partial charge in [0, 0.05) is 16.5 Å². The lowest BCUT2D eigenvalue weighted by Crippen LogP contribution is -2.60. The maximum atomic E-state index is 14.1. The van der Waals surface area contributed by atoms with E-state index in [1.54, 1.807) is 6.07 Å². The van der Waals surface area contributed by atoms with Crippen LogP contribution in [0.5, 0.6) is 5.75 Å². The molecule has 1 amide bonds. The van der Waals surface area contributed by atoms with Crippen molar-refractivity contribution in [3.8, 4) is 5.75 Å². The minimum Gasteiger partial charge on any atom is -0.505 e. The van der Waals surface area contributed by atoms with Crippen molar-refractivity contribution in [3.63, 3.8) is 0 Å². The molecule has 0 unspecified atom stereocenters. The zero-order valence-electron chi connectivity index (χ0n) is 16.5. The van der Waals surface area contributed by atoms with E-state index >= 15 is 0 Å². The van der Waals surface area contributed by atoms with Gasteiger partial charge in [-0.3, -0.25) is 4.79 Å². The highest BCUT2D eigenvalue weighted by atomic mass is 19.4. The van der Waals surface area contributed by atoms with Gasteiger partial charge in [-0.05, 0) is 47.7 Å². The van der Waals surface area contributed by atoms with Crippen LogP contribution in [0, 0.1) is 5.82 Å². The first-order valence-corrected chi connectivity index (χ1v) is 9.44. The van der Waals surface area contributed by atoms with Gasteiger partial charge in [-0.25, -0.2) is 4.39 Å². The molecule has 5 nitrogen and oxygen atoms in total. The second-order valence-electron chi connectivity index (χ2n) is 8.42. The Morgan fingerprint density at radius 2 is 1.90 bits per heavy atom. The van der Waals surface area contributed by atoms with Gasteiger partial charge in [-0.2, -0.15) is 13.2 Å². The maximum Gasteiger partial charge on any atom is 0.419 e. The van der Waals surface area contributed by atoms with Crippen molar-refractivity contribution in [2.45, 2.75) is 43.5 Å². The molecule has 0 saturated heterocycles. The van der Waals surface area contributed by atoms with E-state index in [4.69, 9.17) is 4.42 Å². The summed E-state index contributed by atoms with van der Waals surface area (Å²) in [5.74, 6) is -2.67. The number of rotatable bonds is 2. The second kappa shape index (κ2) is 6.71. The summed E-state index contributed by atoms with van der Waals surface area (Å²) < 4.78 is 61.4. The molecule has 2 atom stereocenters. The minimum atomic E-state index is -5.11. The fraction of sp³-hybridized carbons (Fsp3) is 0.318. The number of furan rings is 1. The van der Waals surface area contributed by atoms with Crippen molar-refractivity contribution in [2.24, 2.45) is 0 Å².